The van der Waals surface area contributed by atoms with Crippen molar-refractivity contribution in [1.29, 1.82) is 0 Å². The Morgan fingerprint density at radius 3 is 2.43 bits per heavy atom. The first-order valence-corrected chi connectivity index (χ1v) is 20.3. The first-order valence-electron chi connectivity index (χ1n) is 19.1. The van der Waals surface area contributed by atoms with Gasteiger partial charge in [0.25, 0.3) is 11.8 Å². The van der Waals surface area contributed by atoms with E-state index in [0.717, 1.165) is 48.2 Å². The Balaban J connectivity index is 1.31. The van der Waals surface area contributed by atoms with Gasteiger partial charge >= 0.3 is 5.97 Å². The maximum atomic E-state index is 15.1. The maximum absolute atomic E-state index is 15.1. The molecule has 0 saturated carbocycles. The van der Waals surface area contributed by atoms with E-state index < -0.39 is 35.0 Å². The summed E-state index contributed by atoms with van der Waals surface area (Å²) in [5, 5.41) is 13.4. The molecule has 14 heteroatoms. The lowest BCUT2D eigenvalue weighted by molar-refractivity contribution is -0.143. The number of thioether (sulfide) groups is 1. The first kappa shape index (κ1) is 42.5. The molecule has 2 aliphatic rings. The zero-order valence-corrected chi connectivity index (χ0v) is 33.0. The molecule has 0 spiro atoms. The molecule has 3 aromatic rings. The molecule has 3 amide bonds. The maximum Gasteiger partial charge on any atom is 0.307 e. The van der Waals surface area contributed by atoms with Crippen molar-refractivity contribution >= 4 is 41.2 Å². The van der Waals surface area contributed by atoms with Crippen LogP contribution >= 0.6 is 11.8 Å². The number of carboxylic acid groups (broad SMARTS) is 1. The fraction of sp³-hybridized carbons (Fsp3) is 0.476. The molecule has 0 bridgehead atoms. The predicted molar refractivity (Wildman–Crippen MR) is 210 cm³/mol. The average Bonchev–Trinajstić information content (AvgIpc) is 3.89. The van der Waals surface area contributed by atoms with Crippen LogP contribution in [0, 0.1) is 28.9 Å². The summed E-state index contributed by atoms with van der Waals surface area (Å²) in [6, 6.07) is 12.3. The Morgan fingerprint density at radius 2 is 1.77 bits per heavy atom. The van der Waals surface area contributed by atoms with Crippen LogP contribution in [-0.2, 0) is 30.5 Å². The SMILES string of the molecule is CC(C)(C)[C@H](c1nc(-c2cc(F)ccc2F)cn1Cc1ccccc1)N(CC1CCNC1)C(=O)CSC[C@H](CC(=O)CCCCCN1C(=O)C=CC1=O)C(=O)O. The van der Waals surface area contributed by atoms with Gasteiger partial charge in [-0.1, -0.05) is 57.5 Å². The summed E-state index contributed by atoms with van der Waals surface area (Å²) in [5.41, 5.74) is 0.645. The van der Waals surface area contributed by atoms with E-state index in [-0.39, 0.29) is 71.6 Å². The second-order valence-electron chi connectivity index (χ2n) is 15.7. The number of imide groups is 1. The fourth-order valence-corrected chi connectivity index (χ4v) is 8.26. The van der Waals surface area contributed by atoms with Crippen LogP contribution in [0.5, 0.6) is 0 Å². The van der Waals surface area contributed by atoms with Crippen LogP contribution in [0.2, 0.25) is 0 Å². The van der Waals surface area contributed by atoms with Gasteiger partial charge in [-0.15, -0.1) is 0 Å². The molecule has 5 rings (SSSR count). The molecule has 0 radical (unpaired) electrons. The minimum absolute atomic E-state index is 0.0148. The van der Waals surface area contributed by atoms with Crippen LogP contribution < -0.4 is 5.32 Å². The summed E-state index contributed by atoms with van der Waals surface area (Å²) < 4.78 is 31.5. The van der Waals surface area contributed by atoms with Crippen LogP contribution in [0.3, 0.4) is 0 Å². The van der Waals surface area contributed by atoms with Crippen LogP contribution in [-0.4, -0.2) is 91.6 Å². The quantitative estimate of drug-likeness (QED) is 0.1000. The number of amides is 3. The number of carbonyl (C=O) groups is 5. The molecule has 2 aromatic carbocycles. The topological polar surface area (TPSA) is 142 Å². The fourth-order valence-electron chi connectivity index (χ4n) is 7.26. The van der Waals surface area contributed by atoms with Gasteiger partial charge in [-0.3, -0.25) is 28.9 Å². The lowest BCUT2D eigenvalue weighted by atomic mass is 9.84. The average molecular weight is 792 g/mol. The van der Waals surface area contributed by atoms with Crippen LogP contribution in [0.1, 0.15) is 76.7 Å². The Hall–Kier alpha value is -4.69. The van der Waals surface area contributed by atoms with Gasteiger partial charge in [-0.2, -0.15) is 11.8 Å². The number of imidazole rings is 1. The summed E-state index contributed by atoms with van der Waals surface area (Å²) in [6.45, 7) is 8.63. The summed E-state index contributed by atoms with van der Waals surface area (Å²) in [4.78, 5) is 70.8. The molecule has 1 saturated heterocycles. The monoisotopic (exact) mass is 791 g/mol. The molecule has 3 heterocycles. The second kappa shape index (κ2) is 19.4. The number of halogens is 2. The standard InChI is InChI=1S/C42H51F2N5O6S/c1-42(2,3)39(40-46-35(33-21-31(43)13-14-34(33)44)25-47(40)23-28-10-6-4-7-11-28)49(24-29-17-18-45-22-29)38(53)27-56-26-30(41(54)55)20-32(50)12-8-5-9-19-48-36(51)15-16-37(48)52/h4,6-7,10-11,13-16,21,25,29-30,39,45H,5,8-9,12,17-20,22-24,26-27H2,1-3H3,(H,54,55)/t29?,30-,39-/m0/s1. The van der Waals surface area contributed by atoms with E-state index in [9.17, 15) is 33.5 Å². The van der Waals surface area contributed by atoms with Crippen molar-refractivity contribution in [1.82, 2.24) is 24.7 Å². The van der Waals surface area contributed by atoms with Crippen LogP contribution in [0.25, 0.3) is 11.3 Å². The highest BCUT2D eigenvalue weighted by molar-refractivity contribution is 7.99. The number of carbonyl (C=O) groups excluding carboxylic acids is 4. The largest absolute Gasteiger partial charge is 0.481 e. The summed E-state index contributed by atoms with van der Waals surface area (Å²) in [6.07, 6.45) is 6.70. The van der Waals surface area contributed by atoms with E-state index in [1.807, 2.05) is 60.6 Å². The number of rotatable bonds is 20. The number of ketones is 1. The minimum Gasteiger partial charge on any atom is -0.481 e. The Labute approximate surface area is 330 Å². The van der Waals surface area contributed by atoms with Gasteiger partial charge in [0.1, 0.15) is 23.2 Å². The third kappa shape index (κ3) is 11.4. The highest BCUT2D eigenvalue weighted by Gasteiger charge is 2.40. The number of unbranched alkanes of at least 4 members (excludes halogenated alkanes) is 2. The molecule has 11 nitrogen and oxygen atoms in total. The number of aromatic nitrogens is 2. The zero-order chi connectivity index (χ0) is 40.4. The van der Waals surface area contributed by atoms with Gasteiger partial charge in [-0.05, 0) is 67.4 Å². The van der Waals surface area contributed by atoms with Crippen molar-refractivity contribution in [3.8, 4) is 11.3 Å². The lowest BCUT2D eigenvalue weighted by Crippen LogP contribution is -2.46. The molecular formula is C42H51F2N5O6S. The van der Waals surface area contributed by atoms with E-state index in [2.05, 4.69) is 5.32 Å². The molecule has 0 aliphatic carbocycles. The first-order chi connectivity index (χ1) is 26.7. The number of benzene rings is 2. The molecule has 1 fully saturated rings. The number of carboxylic acids is 1. The van der Waals surface area contributed by atoms with E-state index >= 15 is 4.39 Å². The second-order valence-corrected chi connectivity index (χ2v) is 16.7. The van der Waals surface area contributed by atoms with Crippen molar-refractivity contribution < 1.29 is 37.9 Å². The zero-order valence-electron chi connectivity index (χ0n) is 32.2. The van der Waals surface area contributed by atoms with Crippen molar-refractivity contribution in [2.24, 2.45) is 17.3 Å². The number of aliphatic carboxylic acids is 1. The van der Waals surface area contributed by atoms with Crippen molar-refractivity contribution in [3.05, 3.63) is 89.9 Å². The van der Waals surface area contributed by atoms with E-state index in [1.165, 1.54) is 23.9 Å². The van der Waals surface area contributed by atoms with Crippen molar-refractivity contribution in [2.75, 3.05) is 37.7 Å². The minimum atomic E-state index is -1.11. The molecule has 300 valence electrons. The van der Waals surface area contributed by atoms with Gasteiger partial charge in [0.15, 0.2) is 0 Å². The van der Waals surface area contributed by atoms with Gasteiger partial charge in [0.2, 0.25) is 5.91 Å². The Morgan fingerprint density at radius 1 is 1.04 bits per heavy atom. The number of Topliss-reactive ketones (excluding diaryl/α,β-unsaturated/α-hetero) is 1. The molecule has 3 atom stereocenters. The molecule has 2 N–H and O–H groups in total. The number of nitrogens with zero attached hydrogens (tertiary/aromatic N) is 4. The van der Waals surface area contributed by atoms with Gasteiger partial charge < -0.3 is 19.9 Å². The summed E-state index contributed by atoms with van der Waals surface area (Å²) >= 11 is 1.17. The molecular weight excluding hydrogens is 741 g/mol. The van der Waals surface area contributed by atoms with Crippen LogP contribution in [0.4, 0.5) is 8.78 Å². The smallest absolute Gasteiger partial charge is 0.307 e. The highest BCUT2D eigenvalue weighted by atomic mass is 32.2. The predicted octanol–water partition coefficient (Wildman–Crippen LogP) is 6.28. The Kier molecular flexibility index (Phi) is 14.7. The normalized spacial score (nSPS) is 16.7. The lowest BCUT2D eigenvalue weighted by Gasteiger charge is -2.41. The number of hydrogen-bond acceptors (Lipinski definition) is 8. The van der Waals surface area contributed by atoms with Gasteiger partial charge in [0.05, 0.1) is 23.4 Å². The molecule has 1 unspecified atom stereocenters. The molecule has 1 aromatic heterocycles. The van der Waals surface area contributed by atoms with Gasteiger partial charge in [0, 0.05) is 62.1 Å². The van der Waals surface area contributed by atoms with E-state index in [0.29, 0.717) is 38.2 Å². The van der Waals surface area contributed by atoms with Crippen LogP contribution in [0.15, 0.2) is 66.9 Å². The molecule has 2 aliphatic heterocycles. The van der Waals surface area contributed by atoms with Crippen molar-refractivity contribution in [2.45, 2.75) is 71.9 Å². The summed E-state index contributed by atoms with van der Waals surface area (Å²) in [5.74, 6) is -3.70. The number of hydrogen-bond donors (Lipinski definition) is 2. The van der Waals surface area contributed by atoms with Crippen molar-refractivity contribution in [3.63, 3.8) is 0 Å². The number of nitrogens with one attached hydrogen (secondary N) is 1. The van der Waals surface area contributed by atoms with E-state index in [4.69, 9.17) is 4.98 Å². The highest BCUT2D eigenvalue weighted by Crippen LogP contribution is 2.40. The van der Waals surface area contributed by atoms with Gasteiger partial charge in [-0.25, -0.2) is 13.8 Å². The third-order valence-electron chi connectivity index (χ3n) is 10.1. The van der Waals surface area contributed by atoms with E-state index in [1.54, 1.807) is 6.20 Å². The summed E-state index contributed by atoms with van der Waals surface area (Å²) in [7, 11) is 0. The molecule has 56 heavy (non-hydrogen) atoms. The third-order valence-corrected chi connectivity index (χ3v) is 11.2. The Bertz CT molecular complexity index is 1890.